The SMILES string of the molecule is C=C(C)C(C)C(F)(F)C(F)(F)C(F)(F)C(F)(F)C(F)(F)C(F)(F)C(F)(F)C(F)(F)C(F)(F)F. The van der Waals surface area contributed by atoms with Gasteiger partial charge in [0.25, 0.3) is 0 Å². The Hall–Kier alpha value is -1.59. The molecule has 1 atom stereocenters. The van der Waals surface area contributed by atoms with Crippen LogP contribution in [0.25, 0.3) is 0 Å². The summed E-state index contributed by atoms with van der Waals surface area (Å²) in [5.41, 5.74) is -1.20. The molecule has 1 unspecified atom stereocenters. The van der Waals surface area contributed by atoms with Gasteiger partial charge in [-0.3, -0.25) is 0 Å². The molecule has 0 aromatic rings. The van der Waals surface area contributed by atoms with Crippen molar-refractivity contribution in [1.29, 1.82) is 0 Å². The molecular weight excluding hydrogens is 529 g/mol. The molecule has 0 radical (unpaired) electrons. The quantitative estimate of drug-likeness (QED) is 0.207. The molecule has 198 valence electrons. The van der Waals surface area contributed by atoms with Crippen LogP contribution in [0.3, 0.4) is 0 Å². The average Bonchev–Trinajstić information content (AvgIpc) is 2.58. The summed E-state index contributed by atoms with van der Waals surface area (Å²) in [6, 6.07) is 0. The molecule has 0 bridgehead atoms. The molecule has 0 aliphatic heterocycles. The van der Waals surface area contributed by atoms with E-state index in [1.54, 1.807) is 0 Å². The van der Waals surface area contributed by atoms with Gasteiger partial charge >= 0.3 is 53.6 Å². The second kappa shape index (κ2) is 7.71. The Morgan fingerprint density at radius 1 is 0.455 bits per heavy atom. The van der Waals surface area contributed by atoms with Crippen LogP contribution in [0, 0.1) is 5.92 Å². The molecule has 0 fully saturated rings. The summed E-state index contributed by atoms with van der Waals surface area (Å²) in [6.45, 7) is 2.83. The van der Waals surface area contributed by atoms with Crippen LogP contribution >= 0.6 is 0 Å². The maximum absolute atomic E-state index is 13.7. The molecule has 33 heavy (non-hydrogen) atoms. The summed E-state index contributed by atoms with van der Waals surface area (Å²) in [5, 5.41) is 0. The molecule has 0 saturated carbocycles. The van der Waals surface area contributed by atoms with Crippen molar-refractivity contribution < 1.29 is 83.4 Å². The van der Waals surface area contributed by atoms with E-state index in [1.165, 1.54) is 0 Å². The Kier molecular flexibility index (Phi) is 7.34. The fraction of sp³-hybridized carbons (Fsp3) is 0.857. The van der Waals surface area contributed by atoms with Crippen molar-refractivity contribution >= 4 is 0 Å². The standard InChI is InChI=1S/C14H9F19/c1-4(2)5(3)6(15,16)7(17,18)8(19,20)9(21,22)10(23,24)11(25,26)12(27,28)13(29,30)14(31,32)33/h5H,1H2,2-3H3. The number of hydrogen-bond donors (Lipinski definition) is 0. The van der Waals surface area contributed by atoms with Crippen LogP contribution in [0.15, 0.2) is 12.2 Å². The first kappa shape index (κ1) is 31.4. The van der Waals surface area contributed by atoms with Gasteiger partial charge in [-0.05, 0) is 6.92 Å². The van der Waals surface area contributed by atoms with Crippen molar-refractivity contribution in [2.45, 2.75) is 67.4 Å². The second-order valence-electron chi connectivity index (χ2n) is 6.71. The molecule has 0 aliphatic carbocycles. The van der Waals surface area contributed by atoms with E-state index >= 15 is 0 Å². The van der Waals surface area contributed by atoms with Crippen LogP contribution in [-0.4, -0.2) is 53.6 Å². The van der Waals surface area contributed by atoms with E-state index in [0.717, 1.165) is 0 Å². The van der Waals surface area contributed by atoms with Crippen LogP contribution in [-0.2, 0) is 0 Å². The lowest BCUT2D eigenvalue weighted by atomic mass is 9.83. The third-order valence-electron chi connectivity index (χ3n) is 4.42. The maximum atomic E-state index is 13.7. The molecule has 0 aliphatic rings. The fourth-order valence-electron chi connectivity index (χ4n) is 1.95. The van der Waals surface area contributed by atoms with E-state index < -0.39 is 65.0 Å². The van der Waals surface area contributed by atoms with Gasteiger partial charge < -0.3 is 0 Å². The van der Waals surface area contributed by atoms with Gasteiger partial charge in [0, 0.05) is 5.92 Å². The van der Waals surface area contributed by atoms with Crippen LogP contribution in [0.4, 0.5) is 83.4 Å². The Morgan fingerprint density at radius 3 is 0.879 bits per heavy atom. The molecule has 0 rings (SSSR count). The van der Waals surface area contributed by atoms with E-state index in [1.807, 2.05) is 0 Å². The van der Waals surface area contributed by atoms with Crippen molar-refractivity contribution in [2.75, 3.05) is 0 Å². The molecule has 0 amide bonds. The average molecular weight is 538 g/mol. The van der Waals surface area contributed by atoms with E-state index in [2.05, 4.69) is 6.58 Å². The lowest BCUT2D eigenvalue weighted by Crippen LogP contribution is -2.76. The van der Waals surface area contributed by atoms with Gasteiger partial charge in [0.05, 0.1) is 0 Å². The Morgan fingerprint density at radius 2 is 0.667 bits per heavy atom. The monoisotopic (exact) mass is 538 g/mol. The zero-order valence-corrected chi connectivity index (χ0v) is 15.5. The predicted octanol–water partition coefficient (Wildman–Crippen LogP) is 7.84. The molecule has 0 saturated heterocycles. The van der Waals surface area contributed by atoms with Gasteiger partial charge in [-0.15, -0.1) is 0 Å². The molecule has 0 N–H and O–H groups in total. The molecule has 0 aromatic carbocycles. The minimum absolute atomic E-state index is 0.116. The van der Waals surface area contributed by atoms with Crippen molar-refractivity contribution in [3.8, 4) is 0 Å². The summed E-state index contributed by atoms with van der Waals surface area (Å²) in [5.74, 6) is -69.6. The first-order valence-electron chi connectivity index (χ1n) is 7.60. The third-order valence-corrected chi connectivity index (χ3v) is 4.42. The van der Waals surface area contributed by atoms with Crippen LogP contribution in [0.5, 0.6) is 0 Å². The highest BCUT2D eigenvalue weighted by Crippen LogP contribution is 2.65. The van der Waals surface area contributed by atoms with Crippen molar-refractivity contribution in [3.05, 3.63) is 12.2 Å². The van der Waals surface area contributed by atoms with Crippen LogP contribution in [0.1, 0.15) is 13.8 Å². The maximum Gasteiger partial charge on any atom is 0.460 e. The molecule has 0 aromatic heterocycles. The Labute approximate surface area is 170 Å². The van der Waals surface area contributed by atoms with E-state index in [0.29, 0.717) is 6.92 Å². The lowest BCUT2D eigenvalue weighted by molar-refractivity contribution is -0.469. The number of hydrogen-bond acceptors (Lipinski definition) is 0. The largest absolute Gasteiger partial charge is 0.460 e. The highest BCUT2D eigenvalue weighted by molar-refractivity contribution is 5.18. The molecular formula is C14H9F19. The first-order valence-corrected chi connectivity index (χ1v) is 7.60. The van der Waals surface area contributed by atoms with Gasteiger partial charge in [-0.1, -0.05) is 19.1 Å². The van der Waals surface area contributed by atoms with Crippen LogP contribution in [0.2, 0.25) is 0 Å². The summed E-state index contributed by atoms with van der Waals surface area (Å²) in [4.78, 5) is 0. The first-order chi connectivity index (χ1) is 13.9. The van der Waals surface area contributed by atoms with Gasteiger partial charge in [-0.2, -0.15) is 83.4 Å². The summed E-state index contributed by atoms with van der Waals surface area (Å²) >= 11 is 0. The van der Waals surface area contributed by atoms with Gasteiger partial charge in [0.1, 0.15) is 0 Å². The predicted molar refractivity (Wildman–Crippen MR) is 69.6 cm³/mol. The minimum atomic E-state index is -8.90. The zero-order chi connectivity index (χ0) is 27.7. The summed E-state index contributed by atoms with van der Waals surface area (Å²) < 4.78 is 249. The molecule has 0 heterocycles. The highest BCUT2D eigenvalue weighted by atomic mass is 19.4. The molecule has 0 spiro atoms. The summed E-state index contributed by atoms with van der Waals surface area (Å²) in [7, 11) is 0. The number of allylic oxidation sites excluding steroid dienone is 1. The zero-order valence-electron chi connectivity index (χ0n) is 15.5. The second-order valence-corrected chi connectivity index (χ2v) is 6.71. The highest BCUT2D eigenvalue weighted by Gasteiger charge is 2.96. The smallest absolute Gasteiger partial charge is 0.199 e. The normalized spacial score (nSPS) is 17.2. The van der Waals surface area contributed by atoms with Crippen molar-refractivity contribution in [2.24, 2.45) is 5.92 Å². The van der Waals surface area contributed by atoms with E-state index in [4.69, 9.17) is 0 Å². The van der Waals surface area contributed by atoms with Gasteiger partial charge in [0.2, 0.25) is 0 Å². The Bertz CT molecular complexity index is 740. The number of rotatable bonds is 9. The van der Waals surface area contributed by atoms with Crippen molar-refractivity contribution in [3.63, 3.8) is 0 Å². The Balaban J connectivity index is 6.99. The van der Waals surface area contributed by atoms with E-state index in [9.17, 15) is 83.4 Å². The van der Waals surface area contributed by atoms with Crippen molar-refractivity contribution in [1.82, 2.24) is 0 Å². The van der Waals surface area contributed by atoms with E-state index in [-0.39, 0.29) is 6.92 Å². The van der Waals surface area contributed by atoms with Gasteiger partial charge in [-0.25, -0.2) is 0 Å². The summed E-state index contributed by atoms with van der Waals surface area (Å²) in [6.07, 6.45) is -7.89. The van der Waals surface area contributed by atoms with Gasteiger partial charge in [0.15, 0.2) is 0 Å². The fourth-order valence-corrected chi connectivity index (χ4v) is 1.95. The topological polar surface area (TPSA) is 0 Å². The third kappa shape index (κ3) is 3.80. The minimum Gasteiger partial charge on any atom is -0.199 e. The molecule has 0 nitrogen and oxygen atoms in total. The molecule has 19 heteroatoms. The number of alkyl halides is 19. The number of halogens is 19. The van der Waals surface area contributed by atoms with Crippen LogP contribution < -0.4 is 0 Å². The lowest BCUT2D eigenvalue weighted by Gasteiger charge is -2.44.